The van der Waals surface area contributed by atoms with Gasteiger partial charge in [-0.3, -0.25) is 10.1 Å². The topological polar surface area (TPSA) is 67.4 Å². The van der Waals surface area contributed by atoms with Gasteiger partial charge in [0.2, 0.25) is 0 Å². The molecule has 98 valence electrons. The Morgan fingerprint density at radius 1 is 1.17 bits per heavy atom. The Kier molecular flexibility index (Phi) is 5.70. The zero-order valence-corrected chi connectivity index (χ0v) is 10.7. The number of imide groups is 1. The summed E-state index contributed by atoms with van der Waals surface area (Å²) in [6, 6.07) is 6.98. The minimum absolute atomic E-state index is 0.178. The van der Waals surface area contributed by atoms with Crippen LogP contribution >= 0.6 is 0 Å². The van der Waals surface area contributed by atoms with Gasteiger partial charge in [-0.25, -0.2) is 4.79 Å². The molecule has 0 radical (unpaired) electrons. The molecule has 0 bridgehead atoms. The smallest absolute Gasteiger partial charge is 0.321 e. The Balaban J connectivity index is 2.35. The maximum absolute atomic E-state index is 11.3. The lowest BCUT2D eigenvalue weighted by atomic mass is 10.2. The summed E-state index contributed by atoms with van der Waals surface area (Å²) in [6.07, 6.45) is 0.956. The number of hydrogen-bond donors (Lipinski definition) is 2. The number of hydrogen-bond acceptors (Lipinski definition) is 3. The molecule has 5 nitrogen and oxygen atoms in total. The van der Waals surface area contributed by atoms with Crippen LogP contribution in [0.4, 0.5) is 4.79 Å². The van der Waals surface area contributed by atoms with Crippen LogP contribution in [0.1, 0.15) is 19.4 Å². The second-order valence-corrected chi connectivity index (χ2v) is 3.69. The van der Waals surface area contributed by atoms with Crippen molar-refractivity contribution < 1.29 is 14.3 Å². The van der Waals surface area contributed by atoms with Crippen molar-refractivity contribution in [2.24, 2.45) is 0 Å². The molecule has 1 rings (SSSR count). The van der Waals surface area contributed by atoms with Gasteiger partial charge in [-0.05, 0) is 31.0 Å². The second-order valence-electron chi connectivity index (χ2n) is 3.69. The van der Waals surface area contributed by atoms with E-state index in [1.54, 1.807) is 19.1 Å². The summed E-state index contributed by atoms with van der Waals surface area (Å²) in [5.41, 5.74) is 1.20. The van der Waals surface area contributed by atoms with Crippen molar-refractivity contribution in [3.05, 3.63) is 29.8 Å². The highest BCUT2D eigenvalue weighted by molar-refractivity contribution is 5.94. The molecule has 0 heterocycles. The molecule has 0 aliphatic heterocycles. The summed E-state index contributed by atoms with van der Waals surface area (Å²) >= 11 is 0. The first-order valence-corrected chi connectivity index (χ1v) is 5.95. The summed E-state index contributed by atoms with van der Waals surface area (Å²) in [5.74, 6) is 0.138. The van der Waals surface area contributed by atoms with E-state index in [1.165, 1.54) is 5.56 Å². The number of nitrogens with one attached hydrogen (secondary N) is 2. The lowest BCUT2D eigenvalue weighted by Crippen LogP contribution is -2.41. The van der Waals surface area contributed by atoms with Crippen LogP contribution in [0.2, 0.25) is 0 Å². The van der Waals surface area contributed by atoms with E-state index < -0.39 is 11.9 Å². The van der Waals surface area contributed by atoms with Crippen LogP contribution in [-0.2, 0) is 11.2 Å². The number of carbonyl (C=O) groups excluding carboxylic acids is 2. The van der Waals surface area contributed by atoms with Crippen LogP contribution in [-0.4, -0.2) is 25.1 Å². The van der Waals surface area contributed by atoms with Gasteiger partial charge in [-0.2, -0.15) is 0 Å². The Bertz CT molecular complexity index is 401. The lowest BCUT2D eigenvalue weighted by Gasteiger charge is -2.07. The predicted molar refractivity (Wildman–Crippen MR) is 68.5 cm³/mol. The molecular weight excluding hydrogens is 232 g/mol. The first-order chi connectivity index (χ1) is 8.65. The number of benzene rings is 1. The van der Waals surface area contributed by atoms with Crippen molar-refractivity contribution in [3.63, 3.8) is 0 Å². The zero-order chi connectivity index (χ0) is 13.4. The number of aryl methyl sites for hydroxylation is 1. The normalized spacial score (nSPS) is 9.67. The standard InChI is InChI=1S/C13H18N2O3/c1-3-10-5-7-11(8-6-10)18-9-12(16)15-13(17)14-4-2/h5-8H,3-4,9H2,1-2H3,(H2,14,15,16,17). The van der Waals surface area contributed by atoms with E-state index in [4.69, 9.17) is 4.74 Å². The Labute approximate surface area is 107 Å². The second kappa shape index (κ2) is 7.32. The first kappa shape index (κ1) is 14.0. The van der Waals surface area contributed by atoms with Crippen molar-refractivity contribution in [2.45, 2.75) is 20.3 Å². The number of amides is 3. The highest BCUT2D eigenvalue weighted by Gasteiger charge is 2.06. The molecule has 5 heteroatoms. The zero-order valence-electron chi connectivity index (χ0n) is 10.7. The molecule has 1 aromatic carbocycles. The third kappa shape index (κ3) is 4.86. The number of ether oxygens (including phenoxy) is 1. The average molecular weight is 250 g/mol. The summed E-state index contributed by atoms with van der Waals surface area (Å²) < 4.78 is 5.25. The molecule has 0 fully saturated rings. The molecular formula is C13H18N2O3. The molecule has 0 spiro atoms. The fraction of sp³-hybridized carbons (Fsp3) is 0.385. The molecule has 0 atom stereocenters. The molecule has 0 aromatic heterocycles. The van der Waals surface area contributed by atoms with Crippen LogP contribution < -0.4 is 15.4 Å². The van der Waals surface area contributed by atoms with E-state index in [0.29, 0.717) is 12.3 Å². The minimum atomic E-state index is -0.507. The Morgan fingerprint density at radius 2 is 1.83 bits per heavy atom. The largest absolute Gasteiger partial charge is 0.484 e. The van der Waals surface area contributed by atoms with E-state index in [0.717, 1.165) is 6.42 Å². The summed E-state index contributed by atoms with van der Waals surface area (Å²) in [7, 11) is 0. The highest BCUT2D eigenvalue weighted by Crippen LogP contribution is 2.12. The molecule has 3 amide bonds. The van der Waals surface area contributed by atoms with Gasteiger partial charge >= 0.3 is 6.03 Å². The van der Waals surface area contributed by atoms with Crippen molar-refractivity contribution in [2.75, 3.05) is 13.2 Å². The Morgan fingerprint density at radius 3 is 2.39 bits per heavy atom. The number of carbonyl (C=O) groups is 2. The van der Waals surface area contributed by atoms with Crippen molar-refractivity contribution >= 4 is 11.9 Å². The summed E-state index contributed by atoms with van der Waals surface area (Å²) in [5, 5.41) is 4.62. The number of rotatable bonds is 5. The molecule has 0 saturated heterocycles. The van der Waals surface area contributed by atoms with E-state index >= 15 is 0 Å². The van der Waals surface area contributed by atoms with Crippen LogP contribution in [0.3, 0.4) is 0 Å². The van der Waals surface area contributed by atoms with Crippen LogP contribution in [0, 0.1) is 0 Å². The number of urea groups is 1. The van der Waals surface area contributed by atoms with Gasteiger partial charge in [0.1, 0.15) is 5.75 Å². The van der Waals surface area contributed by atoms with Gasteiger partial charge in [0.05, 0.1) is 0 Å². The van der Waals surface area contributed by atoms with Crippen molar-refractivity contribution in [1.29, 1.82) is 0 Å². The first-order valence-electron chi connectivity index (χ1n) is 5.95. The quantitative estimate of drug-likeness (QED) is 0.831. The molecule has 18 heavy (non-hydrogen) atoms. The minimum Gasteiger partial charge on any atom is -0.484 e. The highest BCUT2D eigenvalue weighted by atomic mass is 16.5. The van der Waals surface area contributed by atoms with E-state index in [2.05, 4.69) is 17.6 Å². The Hall–Kier alpha value is -2.04. The maximum Gasteiger partial charge on any atom is 0.321 e. The van der Waals surface area contributed by atoms with Crippen LogP contribution in [0.5, 0.6) is 5.75 Å². The molecule has 0 saturated carbocycles. The van der Waals surface area contributed by atoms with Gasteiger partial charge < -0.3 is 10.1 Å². The van der Waals surface area contributed by atoms with E-state index in [-0.39, 0.29) is 6.61 Å². The van der Waals surface area contributed by atoms with E-state index in [9.17, 15) is 9.59 Å². The van der Waals surface area contributed by atoms with Gasteiger partial charge in [0, 0.05) is 6.54 Å². The van der Waals surface area contributed by atoms with Crippen LogP contribution in [0.25, 0.3) is 0 Å². The monoisotopic (exact) mass is 250 g/mol. The van der Waals surface area contributed by atoms with Gasteiger partial charge in [0.15, 0.2) is 6.61 Å². The maximum atomic E-state index is 11.3. The molecule has 0 aliphatic rings. The lowest BCUT2D eigenvalue weighted by molar-refractivity contribution is -0.122. The third-order valence-electron chi connectivity index (χ3n) is 2.29. The summed E-state index contributed by atoms with van der Waals surface area (Å²) in [4.78, 5) is 22.4. The van der Waals surface area contributed by atoms with Crippen LogP contribution in [0.15, 0.2) is 24.3 Å². The van der Waals surface area contributed by atoms with Gasteiger partial charge in [-0.15, -0.1) is 0 Å². The van der Waals surface area contributed by atoms with Crippen molar-refractivity contribution in [1.82, 2.24) is 10.6 Å². The molecule has 2 N–H and O–H groups in total. The predicted octanol–water partition coefficient (Wildman–Crippen LogP) is 1.47. The van der Waals surface area contributed by atoms with E-state index in [1.807, 2.05) is 12.1 Å². The fourth-order valence-corrected chi connectivity index (χ4v) is 1.34. The average Bonchev–Trinajstić information content (AvgIpc) is 2.37. The van der Waals surface area contributed by atoms with Gasteiger partial charge in [-0.1, -0.05) is 19.1 Å². The SMILES string of the molecule is CCNC(=O)NC(=O)COc1ccc(CC)cc1. The van der Waals surface area contributed by atoms with Crippen molar-refractivity contribution in [3.8, 4) is 5.75 Å². The fourth-order valence-electron chi connectivity index (χ4n) is 1.34. The molecule has 0 unspecified atom stereocenters. The molecule has 1 aromatic rings. The molecule has 0 aliphatic carbocycles. The summed E-state index contributed by atoms with van der Waals surface area (Å²) in [6.45, 7) is 4.13. The third-order valence-corrected chi connectivity index (χ3v) is 2.29. The van der Waals surface area contributed by atoms with Gasteiger partial charge in [0.25, 0.3) is 5.91 Å².